The molecular weight excluding hydrogens is 364 g/mol. The Labute approximate surface area is 156 Å². The van der Waals surface area contributed by atoms with E-state index in [9.17, 15) is 19.2 Å². The van der Waals surface area contributed by atoms with Crippen LogP contribution in [0.25, 0.3) is 21.8 Å². The second kappa shape index (κ2) is 6.84. The van der Waals surface area contributed by atoms with E-state index in [4.69, 9.17) is 9.68 Å². The van der Waals surface area contributed by atoms with Crippen LogP contribution in [0.2, 0.25) is 0 Å². The normalized spacial score (nSPS) is 10.7. The van der Waals surface area contributed by atoms with Crippen molar-refractivity contribution in [2.45, 2.75) is 0 Å². The van der Waals surface area contributed by atoms with E-state index in [0.717, 1.165) is 0 Å². The van der Waals surface area contributed by atoms with Crippen molar-refractivity contribution in [2.75, 3.05) is 0 Å². The zero-order valence-corrected chi connectivity index (χ0v) is 14.3. The van der Waals surface area contributed by atoms with Gasteiger partial charge in [-0.15, -0.1) is 9.46 Å². The minimum Gasteiger partial charge on any atom is -0.321 e. The van der Waals surface area contributed by atoms with Crippen molar-refractivity contribution in [1.82, 2.24) is 9.46 Å². The fourth-order valence-electron chi connectivity index (χ4n) is 2.75. The van der Waals surface area contributed by atoms with Crippen molar-refractivity contribution in [2.24, 2.45) is 0 Å². The fraction of sp³-hybridized carbons (Fsp3) is 0. The van der Waals surface area contributed by atoms with Crippen LogP contribution in [-0.2, 0) is 9.59 Å². The molecule has 0 fully saturated rings. The van der Waals surface area contributed by atoms with Gasteiger partial charge in [0.1, 0.15) is 0 Å². The number of para-hydroxylation sites is 2. The van der Waals surface area contributed by atoms with Gasteiger partial charge in [0.15, 0.2) is 0 Å². The lowest BCUT2D eigenvalue weighted by atomic mass is 10.2. The van der Waals surface area contributed by atoms with Crippen molar-refractivity contribution in [3.05, 3.63) is 93.5 Å². The Morgan fingerprint density at radius 3 is 1.39 bits per heavy atom. The van der Waals surface area contributed by atoms with Crippen molar-refractivity contribution in [3.63, 3.8) is 0 Å². The third-order valence-corrected chi connectivity index (χ3v) is 4.04. The Morgan fingerprint density at radius 1 is 0.571 bits per heavy atom. The molecule has 0 saturated carbocycles. The Kier molecular flexibility index (Phi) is 4.21. The highest BCUT2D eigenvalue weighted by molar-refractivity contribution is 6.30. The molecule has 4 rings (SSSR count). The highest BCUT2D eigenvalue weighted by atomic mass is 16.7. The average molecular weight is 376 g/mol. The number of carbonyl (C=O) groups is 2. The number of aromatic nitrogens is 2. The van der Waals surface area contributed by atoms with Gasteiger partial charge in [-0.25, -0.2) is 9.59 Å². The monoisotopic (exact) mass is 376 g/mol. The van der Waals surface area contributed by atoms with E-state index in [-0.39, 0.29) is 0 Å². The molecule has 0 unspecified atom stereocenters. The lowest BCUT2D eigenvalue weighted by Crippen LogP contribution is -2.40. The quantitative estimate of drug-likeness (QED) is 0.483. The standard InChI is InChI=1S/C20H12N2O6/c23-17-11-9-13-5-1-3-7-15(13)21(17)27-19(25)20(26)28-22-16-8-4-2-6-14(16)10-12-18(22)24/h1-12H. The summed E-state index contributed by atoms with van der Waals surface area (Å²) in [5.74, 6) is -2.89. The molecule has 0 amide bonds. The summed E-state index contributed by atoms with van der Waals surface area (Å²) in [6.45, 7) is 0. The SMILES string of the molecule is O=C(On1c(=O)ccc2ccccc21)C(=O)On1c(=O)ccc2ccccc21. The van der Waals surface area contributed by atoms with Gasteiger partial charge in [0.2, 0.25) is 0 Å². The van der Waals surface area contributed by atoms with E-state index in [1.165, 1.54) is 12.1 Å². The van der Waals surface area contributed by atoms with Crippen LogP contribution in [0.3, 0.4) is 0 Å². The fourth-order valence-corrected chi connectivity index (χ4v) is 2.75. The van der Waals surface area contributed by atoms with Crippen molar-refractivity contribution in [3.8, 4) is 0 Å². The molecular formula is C20H12N2O6. The molecule has 0 atom stereocenters. The van der Waals surface area contributed by atoms with Gasteiger partial charge >= 0.3 is 11.9 Å². The number of benzene rings is 2. The lowest BCUT2D eigenvalue weighted by molar-refractivity contribution is -0.168. The number of hydrogen-bond donors (Lipinski definition) is 0. The molecule has 0 aliphatic heterocycles. The molecule has 28 heavy (non-hydrogen) atoms. The summed E-state index contributed by atoms with van der Waals surface area (Å²) < 4.78 is 1.40. The largest absolute Gasteiger partial charge is 0.444 e. The molecule has 2 heterocycles. The van der Waals surface area contributed by atoms with Gasteiger partial charge in [-0.2, -0.15) is 0 Å². The Bertz CT molecular complexity index is 1250. The number of nitrogens with zero attached hydrogens (tertiary/aromatic N) is 2. The maximum atomic E-state index is 12.2. The van der Waals surface area contributed by atoms with E-state index in [1.807, 2.05) is 0 Å². The molecule has 0 N–H and O–H groups in total. The van der Waals surface area contributed by atoms with Gasteiger partial charge in [0.05, 0.1) is 11.0 Å². The Balaban J connectivity index is 1.65. The smallest absolute Gasteiger partial charge is 0.321 e. The zero-order valence-electron chi connectivity index (χ0n) is 14.3. The lowest BCUT2D eigenvalue weighted by Gasteiger charge is -2.11. The summed E-state index contributed by atoms with van der Waals surface area (Å²) in [5, 5.41) is 1.27. The molecule has 8 nitrogen and oxygen atoms in total. The molecule has 0 bridgehead atoms. The number of hydrogen-bond acceptors (Lipinski definition) is 6. The predicted molar refractivity (Wildman–Crippen MR) is 99.6 cm³/mol. The molecule has 8 heteroatoms. The first-order valence-corrected chi connectivity index (χ1v) is 8.21. The maximum Gasteiger partial charge on any atom is 0.444 e. The van der Waals surface area contributed by atoms with E-state index in [0.29, 0.717) is 31.3 Å². The molecule has 4 aromatic rings. The maximum absolute atomic E-state index is 12.2. The first-order chi connectivity index (χ1) is 13.5. The number of pyridine rings is 2. The molecule has 2 aromatic heterocycles. The van der Waals surface area contributed by atoms with Gasteiger partial charge in [-0.1, -0.05) is 36.4 Å². The predicted octanol–water partition coefficient (Wildman–Crippen LogP) is 0.927. The second-order valence-corrected chi connectivity index (χ2v) is 5.81. The van der Waals surface area contributed by atoms with E-state index in [2.05, 4.69) is 0 Å². The van der Waals surface area contributed by atoms with E-state index in [1.54, 1.807) is 60.7 Å². The topological polar surface area (TPSA) is 96.6 Å². The first kappa shape index (κ1) is 17.2. The number of carbonyl (C=O) groups excluding carboxylic acids is 2. The molecule has 0 aliphatic carbocycles. The third-order valence-electron chi connectivity index (χ3n) is 4.04. The van der Waals surface area contributed by atoms with Gasteiger partial charge in [0.25, 0.3) is 11.1 Å². The molecule has 0 spiro atoms. The molecule has 0 aliphatic rings. The molecule has 0 saturated heterocycles. The van der Waals surface area contributed by atoms with Crippen molar-refractivity contribution < 1.29 is 19.3 Å². The number of rotatable bonds is 2. The van der Waals surface area contributed by atoms with Crippen LogP contribution >= 0.6 is 0 Å². The summed E-state index contributed by atoms with van der Waals surface area (Å²) in [6, 6.07) is 18.9. The number of fused-ring (bicyclic) bond motifs is 2. The van der Waals surface area contributed by atoms with E-state index < -0.39 is 23.1 Å². The van der Waals surface area contributed by atoms with Crippen LogP contribution in [0.4, 0.5) is 0 Å². The average Bonchev–Trinajstić information content (AvgIpc) is 2.72. The van der Waals surface area contributed by atoms with Gasteiger partial charge < -0.3 is 9.68 Å². The first-order valence-electron chi connectivity index (χ1n) is 8.21. The third kappa shape index (κ3) is 3.03. The van der Waals surface area contributed by atoms with Crippen LogP contribution in [-0.4, -0.2) is 21.4 Å². The Morgan fingerprint density at radius 2 is 0.964 bits per heavy atom. The summed E-state index contributed by atoms with van der Waals surface area (Å²) in [6.07, 6.45) is 0. The summed E-state index contributed by atoms with van der Waals surface area (Å²) in [5.41, 5.74) is -0.665. The minimum atomic E-state index is -1.45. The second-order valence-electron chi connectivity index (χ2n) is 5.81. The van der Waals surface area contributed by atoms with Crippen LogP contribution in [0, 0.1) is 0 Å². The Hall–Kier alpha value is -4.20. The summed E-state index contributed by atoms with van der Waals surface area (Å²) >= 11 is 0. The van der Waals surface area contributed by atoms with Crippen LogP contribution in [0.15, 0.2) is 82.4 Å². The molecule has 2 aromatic carbocycles. The molecule has 138 valence electrons. The highest BCUT2D eigenvalue weighted by Gasteiger charge is 2.23. The van der Waals surface area contributed by atoms with Crippen LogP contribution < -0.4 is 20.8 Å². The van der Waals surface area contributed by atoms with Crippen molar-refractivity contribution >= 4 is 33.7 Å². The zero-order chi connectivity index (χ0) is 19.7. The summed E-state index contributed by atoms with van der Waals surface area (Å²) in [4.78, 5) is 58.3. The van der Waals surface area contributed by atoms with Gasteiger partial charge in [-0.3, -0.25) is 9.59 Å². The summed E-state index contributed by atoms with van der Waals surface area (Å²) in [7, 11) is 0. The molecule has 0 radical (unpaired) electrons. The highest BCUT2D eigenvalue weighted by Crippen LogP contribution is 2.11. The van der Waals surface area contributed by atoms with Gasteiger partial charge in [-0.05, 0) is 24.3 Å². The van der Waals surface area contributed by atoms with Crippen LogP contribution in [0.5, 0.6) is 0 Å². The van der Waals surface area contributed by atoms with Gasteiger partial charge in [0, 0.05) is 22.9 Å². The minimum absolute atomic E-state index is 0.304. The van der Waals surface area contributed by atoms with Crippen LogP contribution in [0.1, 0.15) is 0 Å². The van der Waals surface area contributed by atoms with Crippen molar-refractivity contribution in [1.29, 1.82) is 0 Å². The van der Waals surface area contributed by atoms with E-state index >= 15 is 0 Å².